The van der Waals surface area contributed by atoms with Crippen LogP contribution in [0.4, 0.5) is 0 Å². The molecule has 0 N–H and O–H groups in total. The molecule has 0 aliphatic rings. The van der Waals surface area contributed by atoms with Gasteiger partial charge in [-0.05, 0) is 42.2 Å². The van der Waals surface area contributed by atoms with Crippen molar-refractivity contribution in [2.75, 3.05) is 0 Å². The third-order valence-corrected chi connectivity index (χ3v) is 4.47. The highest BCUT2D eigenvalue weighted by molar-refractivity contribution is 5.20. The van der Waals surface area contributed by atoms with Gasteiger partial charge in [-0.2, -0.15) is 0 Å². The van der Waals surface area contributed by atoms with E-state index in [2.05, 4.69) is 74.5 Å². The van der Waals surface area contributed by atoms with E-state index >= 15 is 0 Å². The Balaban J connectivity index is 1.85. The zero-order valence-electron chi connectivity index (χ0n) is 13.5. The van der Waals surface area contributed by atoms with Crippen LogP contribution < -0.4 is 0 Å². The van der Waals surface area contributed by atoms with E-state index in [9.17, 15) is 0 Å². The summed E-state index contributed by atoms with van der Waals surface area (Å²) in [6, 6.07) is 22.0. The minimum absolute atomic E-state index is 0.671. The first-order valence-electron chi connectivity index (χ1n) is 8.41. The Bertz CT molecular complexity index is 486. The minimum atomic E-state index is 0.671. The smallest absolute Gasteiger partial charge is 0.0162 e. The maximum atomic E-state index is 2.35. The van der Waals surface area contributed by atoms with Crippen molar-refractivity contribution in [3.05, 3.63) is 71.8 Å². The molecule has 21 heavy (non-hydrogen) atoms. The van der Waals surface area contributed by atoms with Crippen LogP contribution in [0.15, 0.2) is 60.7 Å². The van der Waals surface area contributed by atoms with E-state index in [0.29, 0.717) is 5.92 Å². The van der Waals surface area contributed by atoms with Gasteiger partial charge in [0.25, 0.3) is 0 Å². The molecule has 2 aromatic carbocycles. The van der Waals surface area contributed by atoms with Gasteiger partial charge < -0.3 is 0 Å². The number of hydrogen-bond donors (Lipinski definition) is 0. The van der Waals surface area contributed by atoms with E-state index in [0.717, 1.165) is 5.92 Å². The quantitative estimate of drug-likeness (QED) is 0.514. The van der Waals surface area contributed by atoms with Crippen LogP contribution in [-0.4, -0.2) is 0 Å². The van der Waals surface area contributed by atoms with Gasteiger partial charge in [0, 0.05) is 0 Å². The predicted octanol–water partition coefficient (Wildman–Crippen LogP) is 6.54. The van der Waals surface area contributed by atoms with Crippen LogP contribution in [0.2, 0.25) is 0 Å². The first-order valence-corrected chi connectivity index (χ1v) is 8.41. The third-order valence-electron chi connectivity index (χ3n) is 4.47. The van der Waals surface area contributed by atoms with Crippen molar-refractivity contribution >= 4 is 0 Å². The Morgan fingerprint density at radius 3 is 1.86 bits per heavy atom. The van der Waals surface area contributed by atoms with Crippen molar-refractivity contribution in [3.63, 3.8) is 0 Å². The van der Waals surface area contributed by atoms with Crippen LogP contribution in [0.3, 0.4) is 0 Å². The normalized spacial score (nSPS) is 13.8. The SMILES string of the molecule is CCCC(CCCC(C)c1ccccc1)c1ccccc1. The van der Waals surface area contributed by atoms with Crippen molar-refractivity contribution < 1.29 is 0 Å². The first-order chi connectivity index (χ1) is 10.3. The fourth-order valence-corrected chi connectivity index (χ4v) is 3.17. The van der Waals surface area contributed by atoms with Crippen LogP contribution in [0.25, 0.3) is 0 Å². The average molecular weight is 280 g/mol. The van der Waals surface area contributed by atoms with Gasteiger partial charge in [0.05, 0.1) is 0 Å². The van der Waals surface area contributed by atoms with Crippen molar-refractivity contribution in [1.29, 1.82) is 0 Å². The predicted molar refractivity (Wildman–Crippen MR) is 92.8 cm³/mol. The molecule has 0 saturated carbocycles. The lowest BCUT2D eigenvalue weighted by Gasteiger charge is -2.18. The largest absolute Gasteiger partial charge is 0.0654 e. The Labute approximate surface area is 130 Å². The highest BCUT2D eigenvalue weighted by Gasteiger charge is 2.11. The molecule has 0 heteroatoms. The molecular formula is C21H28. The number of rotatable bonds is 8. The molecule has 2 unspecified atom stereocenters. The molecule has 0 spiro atoms. The molecule has 2 aromatic rings. The zero-order valence-corrected chi connectivity index (χ0v) is 13.5. The molecule has 0 amide bonds. The topological polar surface area (TPSA) is 0 Å². The summed E-state index contributed by atoms with van der Waals surface area (Å²) in [6.07, 6.45) is 6.50. The van der Waals surface area contributed by atoms with Crippen molar-refractivity contribution in [2.45, 2.75) is 57.8 Å². The van der Waals surface area contributed by atoms with Crippen molar-refractivity contribution in [3.8, 4) is 0 Å². The summed E-state index contributed by atoms with van der Waals surface area (Å²) in [5, 5.41) is 0. The van der Waals surface area contributed by atoms with E-state index in [1.165, 1.54) is 43.2 Å². The molecule has 0 fully saturated rings. The van der Waals surface area contributed by atoms with E-state index in [4.69, 9.17) is 0 Å². The van der Waals surface area contributed by atoms with Crippen LogP contribution in [0.1, 0.15) is 68.9 Å². The molecule has 2 atom stereocenters. The summed E-state index contributed by atoms with van der Waals surface area (Å²) in [4.78, 5) is 0. The minimum Gasteiger partial charge on any atom is -0.0654 e. The number of hydrogen-bond acceptors (Lipinski definition) is 0. The van der Waals surface area contributed by atoms with Gasteiger partial charge in [-0.1, -0.05) is 87.4 Å². The second kappa shape index (κ2) is 8.67. The Morgan fingerprint density at radius 1 is 0.714 bits per heavy atom. The molecule has 0 aliphatic heterocycles. The molecule has 0 heterocycles. The summed E-state index contributed by atoms with van der Waals surface area (Å²) in [5.41, 5.74) is 3.00. The van der Waals surface area contributed by atoms with Gasteiger partial charge in [-0.3, -0.25) is 0 Å². The lowest BCUT2D eigenvalue weighted by atomic mass is 9.87. The highest BCUT2D eigenvalue weighted by atomic mass is 14.2. The molecule has 0 saturated heterocycles. The summed E-state index contributed by atoms with van der Waals surface area (Å²) < 4.78 is 0. The van der Waals surface area contributed by atoms with Gasteiger partial charge in [-0.25, -0.2) is 0 Å². The van der Waals surface area contributed by atoms with E-state index in [1.807, 2.05) is 0 Å². The second-order valence-corrected chi connectivity index (χ2v) is 6.14. The van der Waals surface area contributed by atoms with Gasteiger partial charge in [0.15, 0.2) is 0 Å². The zero-order chi connectivity index (χ0) is 14.9. The van der Waals surface area contributed by atoms with E-state index < -0.39 is 0 Å². The maximum Gasteiger partial charge on any atom is -0.0162 e. The van der Waals surface area contributed by atoms with Crippen LogP contribution in [0.5, 0.6) is 0 Å². The molecule has 0 bridgehead atoms. The average Bonchev–Trinajstić information content (AvgIpc) is 2.55. The summed E-state index contributed by atoms with van der Waals surface area (Å²) in [7, 11) is 0. The lowest BCUT2D eigenvalue weighted by molar-refractivity contribution is 0.511. The number of benzene rings is 2. The van der Waals surface area contributed by atoms with E-state index in [1.54, 1.807) is 0 Å². The third kappa shape index (κ3) is 5.04. The monoisotopic (exact) mass is 280 g/mol. The fourth-order valence-electron chi connectivity index (χ4n) is 3.17. The van der Waals surface area contributed by atoms with Gasteiger partial charge in [0.1, 0.15) is 0 Å². The molecule has 0 aliphatic carbocycles. The van der Waals surface area contributed by atoms with Gasteiger partial charge >= 0.3 is 0 Å². The molecule has 2 rings (SSSR count). The lowest BCUT2D eigenvalue weighted by Crippen LogP contribution is -2.00. The second-order valence-electron chi connectivity index (χ2n) is 6.14. The van der Waals surface area contributed by atoms with Crippen LogP contribution in [-0.2, 0) is 0 Å². The Morgan fingerprint density at radius 2 is 1.29 bits per heavy atom. The Kier molecular flexibility index (Phi) is 6.53. The molecule has 0 nitrogen and oxygen atoms in total. The van der Waals surface area contributed by atoms with Gasteiger partial charge in [-0.15, -0.1) is 0 Å². The van der Waals surface area contributed by atoms with E-state index in [-0.39, 0.29) is 0 Å². The van der Waals surface area contributed by atoms with Gasteiger partial charge in [0.2, 0.25) is 0 Å². The Hall–Kier alpha value is -1.56. The highest BCUT2D eigenvalue weighted by Crippen LogP contribution is 2.29. The van der Waals surface area contributed by atoms with Crippen LogP contribution in [0, 0.1) is 0 Å². The molecule has 0 aromatic heterocycles. The summed E-state index contributed by atoms with van der Waals surface area (Å²) >= 11 is 0. The summed E-state index contributed by atoms with van der Waals surface area (Å²) in [6.45, 7) is 4.65. The first kappa shape index (κ1) is 15.8. The fraction of sp³-hybridized carbons (Fsp3) is 0.429. The standard InChI is InChI=1S/C21H28/c1-3-11-20(21-15-8-5-9-16-21)17-10-12-18(2)19-13-6-4-7-14-19/h4-9,13-16,18,20H,3,10-12,17H2,1-2H3. The van der Waals surface area contributed by atoms with Crippen molar-refractivity contribution in [1.82, 2.24) is 0 Å². The summed E-state index contributed by atoms with van der Waals surface area (Å²) in [5.74, 6) is 1.41. The maximum absolute atomic E-state index is 2.35. The molecular weight excluding hydrogens is 252 g/mol. The molecule has 0 radical (unpaired) electrons. The van der Waals surface area contributed by atoms with Crippen LogP contribution >= 0.6 is 0 Å². The van der Waals surface area contributed by atoms with Crippen molar-refractivity contribution in [2.24, 2.45) is 0 Å². The molecule has 112 valence electrons.